The zero-order chi connectivity index (χ0) is 18.9. The molecule has 1 aliphatic rings. The molecule has 1 aliphatic carbocycles. The molecular formula is C22H26O2SiTi. The molecule has 26 heavy (non-hydrogen) atoms. The Morgan fingerprint density at radius 3 is 1.58 bits per heavy atom. The molecule has 0 spiro atoms. The summed E-state index contributed by atoms with van der Waals surface area (Å²) >= 11 is 0. The van der Waals surface area contributed by atoms with Crippen molar-refractivity contribution in [2.45, 2.75) is 19.5 Å². The third-order valence-electron chi connectivity index (χ3n) is 3.11. The minimum absolute atomic E-state index is 0. The zero-order valence-corrected chi connectivity index (χ0v) is 18.5. The molecule has 0 amide bonds. The number of hydrogen-bond donors (Lipinski definition) is 0. The molecule has 0 fully saturated rings. The van der Waals surface area contributed by atoms with E-state index in [0.29, 0.717) is 0 Å². The molecule has 2 nitrogen and oxygen atoms in total. The van der Waals surface area contributed by atoms with Crippen molar-refractivity contribution in [2.24, 2.45) is 0 Å². The van der Waals surface area contributed by atoms with Crippen molar-refractivity contribution in [2.75, 3.05) is 14.2 Å². The van der Waals surface area contributed by atoms with Crippen LogP contribution in [0.15, 0.2) is 72.8 Å². The third kappa shape index (κ3) is 9.37. The molecule has 4 rings (SSSR count). The summed E-state index contributed by atoms with van der Waals surface area (Å²) in [6.45, 7) is 4.31. The molecule has 0 unspecified atom stereocenters. The van der Waals surface area contributed by atoms with Crippen LogP contribution in [0.4, 0.5) is 0 Å². The summed E-state index contributed by atoms with van der Waals surface area (Å²) in [7, 11) is 2.58. The van der Waals surface area contributed by atoms with Crippen LogP contribution in [-0.2, 0) is 21.7 Å². The molecule has 0 atom stereocenters. The van der Waals surface area contributed by atoms with Crippen LogP contribution < -0.4 is 10.2 Å². The van der Waals surface area contributed by atoms with Gasteiger partial charge >= 0.3 is 21.7 Å². The topological polar surface area (TPSA) is 46.1 Å². The first-order valence-corrected chi connectivity index (χ1v) is 10.0. The molecule has 3 aromatic rings. The van der Waals surface area contributed by atoms with Crippen LogP contribution in [-0.4, -0.2) is 23.7 Å². The maximum atomic E-state index is 8.25. The predicted molar refractivity (Wildman–Crippen MR) is 108 cm³/mol. The Bertz CT molecular complexity index is 688. The summed E-state index contributed by atoms with van der Waals surface area (Å²) in [4.78, 5) is 0. The van der Waals surface area contributed by atoms with E-state index in [2.05, 4.69) is 79.8 Å². The van der Waals surface area contributed by atoms with Gasteiger partial charge in [-0.25, -0.2) is 12.2 Å². The van der Waals surface area contributed by atoms with Gasteiger partial charge in [0.25, 0.3) is 0 Å². The Morgan fingerprint density at radius 2 is 1.27 bits per heavy atom. The molecule has 0 aromatic heterocycles. The van der Waals surface area contributed by atoms with Gasteiger partial charge in [0.15, 0.2) is 0 Å². The first kappa shape index (κ1) is 26.9. The zero-order valence-electron chi connectivity index (χ0n) is 16.0. The molecule has 0 heterocycles. The fourth-order valence-electron chi connectivity index (χ4n) is 2.24. The van der Waals surface area contributed by atoms with Crippen molar-refractivity contribution in [1.82, 2.24) is 0 Å². The monoisotopic (exact) mass is 398 g/mol. The second kappa shape index (κ2) is 18.4. The molecule has 0 saturated carbocycles. The van der Waals surface area contributed by atoms with Gasteiger partial charge in [-0.2, -0.15) is 20.3 Å². The summed E-state index contributed by atoms with van der Waals surface area (Å²) in [5.74, 6) is 0. The van der Waals surface area contributed by atoms with Crippen molar-refractivity contribution in [3.8, 4) is 0 Å². The number of allylic oxidation sites excluding steroid dienone is 4. The smallest absolute Gasteiger partial charge is 0.857 e. The summed E-state index contributed by atoms with van der Waals surface area (Å²) in [6, 6.07) is 19.3. The SMILES string of the molecule is C[O-].C[O-].C[Si]C.[C-]1=CC=CC1.[Ti+4].c1ccc2c(c1)[cH-]c1ccccc12. The van der Waals surface area contributed by atoms with Crippen molar-refractivity contribution in [1.29, 1.82) is 0 Å². The summed E-state index contributed by atoms with van der Waals surface area (Å²) in [5.41, 5.74) is 0. The number of fused-ring (bicyclic) bond motifs is 3. The Kier molecular flexibility index (Phi) is 19.0. The van der Waals surface area contributed by atoms with E-state index < -0.39 is 0 Å². The molecule has 0 bridgehead atoms. The van der Waals surface area contributed by atoms with Crippen LogP contribution in [0.1, 0.15) is 6.42 Å². The Morgan fingerprint density at radius 1 is 0.846 bits per heavy atom. The summed E-state index contributed by atoms with van der Waals surface area (Å²) in [6.07, 6.45) is 10.0. The van der Waals surface area contributed by atoms with Crippen LogP contribution in [0.3, 0.4) is 0 Å². The molecule has 0 N–H and O–H groups in total. The molecule has 134 valence electrons. The van der Waals surface area contributed by atoms with Crippen molar-refractivity contribution >= 4 is 31.1 Å². The molecule has 0 aliphatic heterocycles. The average molecular weight is 398 g/mol. The predicted octanol–water partition coefficient (Wildman–Crippen LogP) is 3.75. The summed E-state index contributed by atoms with van der Waals surface area (Å²) < 4.78 is 0. The van der Waals surface area contributed by atoms with E-state index in [1.807, 2.05) is 12.2 Å². The fourth-order valence-corrected chi connectivity index (χ4v) is 2.24. The van der Waals surface area contributed by atoms with E-state index >= 15 is 0 Å². The minimum atomic E-state index is 0. The van der Waals surface area contributed by atoms with E-state index in [0.717, 1.165) is 30.2 Å². The summed E-state index contributed by atoms with van der Waals surface area (Å²) in [5, 5.41) is 21.9. The van der Waals surface area contributed by atoms with Gasteiger partial charge in [0.1, 0.15) is 0 Å². The van der Waals surface area contributed by atoms with Gasteiger partial charge in [-0.3, -0.25) is 6.08 Å². The van der Waals surface area contributed by atoms with Gasteiger partial charge < -0.3 is 10.2 Å². The maximum absolute atomic E-state index is 8.25. The number of rotatable bonds is 0. The number of hydrogen-bond acceptors (Lipinski definition) is 2. The van der Waals surface area contributed by atoms with Gasteiger partial charge in [0.2, 0.25) is 0 Å². The first-order chi connectivity index (χ1) is 12.4. The van der Waals surface area contributed by atoms with E-state index in [4.69, 9.17) is 10.2 Å². The van der Waals surface area contributed by atoms with E-state index in [1.165, 1.54) is 21.5 Å². The van der Waals surface area contributed by atoms with Gasteiger partial charge in [0, 0.05) is 9.52 Å². The first-order valence-electron chi connectivity index (χ1n) is 8.02. The Balaban J connectivity index is 0. The third-order valence-corrected chi connectivity index (χ3v) is 3.11. The van der Waals surface area contributed by atoms with Gasteiger partial charge in [-0.1, -0.05) is 49.5 Å². The van der Waals surface area contributed by atoms with Gasteiger partial charge in [-0.05, 0) is 0 Å². The van der Waals surface area contributed by atoms with E-state index in [-0.39, 0.29) is 21.7 Å². The molecule has 2 radical (unpaired) electrons. The second-order valence-corrected chi connectivity index (χ2v) is 5.82. The maximum Gasteiger partial charge on any atom is 4.00 e. The number of benzene rings is 2. The molecule has 4 heteroatoms. The van der Waals surface area contributed by atoms with E-state index in [1.54, 1.807) is 0 Å². The van der Waals surface area contributed by atoms with Crippen molar-refractivity contribution in [3.63, 3.8) is 0 Å². The van der Waals surface area contributed by atoms with Crippen molar-refractivity contribution in [3.05, 3.63) is 78.9 Å². The Labute approximate surface area is 175 Å². The largest absolute Gasteiger partial charge is 4.00 e. The van der Waals surface area contributed by atoms with Crippen LogP contribution in [0, 0.1) is 6.08 Å². The van der Waals surface area contributed by atoms with Crippen LogP contribution in [0.25, 0.3) is 21.5 Å². The molecule has 3 aromatic carbocycles. The van der Waals surface area contributed by atoms with Crippen LogP contribution >= 0.6 is 0 Å². The quantitative estimate of drug-likeness (QED) is 0.428. The van der Waals surface area contributed by atoms with Crippen LogP contribution in [0.2, 0.25) is 13.1 Å². The Hall–Kier alpha value is -1.36. The van der Waals surface area contributed by atoms with Gasteiger partial charge in [0.05, 0.1) is 0 Å². The van der Waals surface area contributed by atoms with Gasteiger partial charge in [-0.15, -0.1) is 46.2 Å². The molecule has 0 saturated heterocycles. The second-order valence-electron chi connectivity index (χ2n) is 4.82. The van der Waals surface area contributed by atoms with Crippen LogP contribution in [0.5, 0.6) is 0 Å². The average Bonchev–Trinajstić information content (AvgIpc) is 3.37. The fraction of sp³-hybridized carbons (Fsp3) is 0.227. The van der Waals surface area contributed by atoms with E-state index in [9.17, 15) is 0 Å². The standard InChI is InChI=1S/C13H9.C5H5.C2H6Si.2CH3O.Ti/c1-3-7-12-10(5-1)9-11-6-2-4-8-13(11)12;1-2-4-5-3-1;1-3-2;2*1-2;/h1-9H;1-3H,4H2;1-2H3;2*1H3;/q2*-1;;2*-1;+4. The van der Waals surface area contributed by atoms with Crippen molar-refractivity contribution < 1.29 is 31.9 Å². The normalized spacial score (nSPS) is 10.1. The molecular weight excluding hydrogens is 372 g/mol. The minimum Gasteiger partial charge on any atom is -0.857 e.